The molecule has 28 heavy (non-hydrogen) atoms. The summed E-state index contributed by atoms with van der Waals surface area (Å²) in [7, 11) is 0. The molecule has 0 aromatic carbocycles. The molecule has 158 valence electrons. The molecule has 0 saturated carbocycles. The lowest BCUT2D eigenvalue weighted by Crippen LogP contribution is -2.49. The van der Waals surface area contributed by atoms with Gasteiger partial charge in [-0.2, -0.15) is 0 Å². The minimum atomic E-state index is -0.451. The average Bonchev–Trinajstić information content (AvgIpc) is 2.64. The van der Waals surface area contributed by atoms with Gasteiger partial charge in [-0.1, -0.05) is 38.2 Å². The highest BCUT2D eigenvalue weighted by Gasteiger charge is 2.26. The van der Waals surface area contributed by atoms with E-state index in [9.17, 15) is 4.79 Å². The molecule has 0 aromatic heterocycles. The Morgan fingerprint density at radius 2 is 1.61 bits per heavy atom. The van der Waals surface area contributed by atoms with Crippen LogP contribution in [0.15, 0.2) is 46.7 Å². The van der Waals surface area contributed by atoms with Crippen molar-refractivity contribution in [1.29, 1.82) is 0 Å². The van der Waals surface area contributed by atoms with Gasteiger partial charge >= 0.3 is 6.09 Å². The first-order valence-electron chi connectivity index (χ1n) is 10.6. The smallest absolute Gasteiger partial charge is 0.410 e. The number of ether oxygens (including phenoxy) is 1. The monoisotopic (exact) mass is 388 g/mol. The lowest BCUT2D eigenvalue weighted by Gasteiger charge is -2.38. The quantitative estimate of drug-likeness (QED) is 0.517. The minimum absolute atomic E-state index is 0.211. The maximum absolute atomic E-state index is 12.3. The lowest BCUT2D eigenvalue weighted by molar-refractivity contribution is 0.0168. The first-order valence-corrected chi connectivity index (χ1v) is 10.6. The Labute approximate surface area is 172 Å². The van der Waals surface area contributed by atoms with Gasteiger partial charge in [0, 0.05) is 31.9 Å². The Bertz CT molecular complexity index is 640. The number of hydrogen-bond acceptors (Lipinski definition) is 3. The summed E-state index contributed by atoms with van der Waals surface area (Å²) < 4.78 is 5.52. The number of nitrogens with zero attached hydrogens (tertiary/aromatic N) is 2. The van der Waals surface area contributed by atoms with Gasteiger partial charge in [0.15, 0.2) is 0 Å². The topological polar surface area (TPSA) is 32.8 Å². The average molecular weight is 389 g/mol. The first-order chi connectivity index (χ1) is 13.1. The fourth-order valence-electron chi connectivity index (χ4n) is 3.44. The van der Waals surface area contributed by atoms with Crippen molar-refractivity contribution in [2.45, 2.75) is 73.8 Å². The molecule has 1 fully saturated rings. The fraction of sp³-hybridized carbons (Fsp3) is 0.625. The van der Waals surface area contributed by atoms with Gasteiger partial charge in [0.05, 0.1) is 0 Å². The van der Waals surface area contributed by atoms with Crippen LogP contribution in [0.4, 0.5) is 4.79 Å². The molecule has 4 nitrogen and oxygen atoms in total. The third-order valence-corrected chi connectivity index (χ3v) is 4.93. The summed E-state index contributed by atoms with van der Waals surface area (Å²) in [6, 6.07) is 0. The molecule has 0 radical (unpaired) electrons. The van der Waals surface area contributed by atoms with Gasteiger partial charge in [0.25, 0.3) is 0 Å². The van der Waals surface area contributed by atoms with Gasteiger partial charge in [0.1, 0.15) is 5.60 Å². The molecular weight excluding hydrogens is 348 g/mol. The van der Waals surface area contributed by atoms with Crippen LogP contribution in [0.1, 0.15) is 68.2 Å². The summed E-state index contributed by atoms with van der Waals surface area (Å²) in [5.74, 6) is 0. The van der Waals surface area contributed by atoms with Crippen molar-refractivity contribution < 1.29 is 9.53 Å². The third kappa shape index (κ3) is 7.21. The second-order valence-corrected chi connectivity index (χ2v) is 8.27. The summed E-state index contributed by atoms with van der Waals surface area (Å²) in [5.41, 5.74) is 4.82. The summed E-state index contributed by atoms with van der Waals surface area (Å²) in [6.45, 7) is 19.6. The largest absolute Gasteiger partial charge is 0.444 e. The zero-order valence-corrected chi connectivity index (χ0v) is 19.3. The van der Waals surface area contributed by atoms with Crippen LogP contribution in [-0.4, -0.2) is 47.7 Å². The Balaban J connectivity index is 3.01. The molecule has 1 aliphatic heterocycles. The Kier molecular flexibility index (Phi) is 9.57. The van der Waals surface area contributed by atoms with E-state index in [0.717, 1.165) is 25.9 Å². The fourth-order valence-corrected chi connectivity index (χ4v) is 3.44. The van der Waals surface area contributed by atoms with Gasteiger partial charge in [-0.25, -0.2) is 4.79 Å². The number of amides is 1. The van der Waals surface area contributed by atoms with E-state index in [1.54, 1.807) is 0 Å². The van der Waals surface area contributed by atoms with Crippen molar-refractivity contribution in [3.05, 3.63) is 46.7 Å². The molecule has 0 aromatic rings. The minimum Gasteiger partial charge on any atom is -0.444 e. The van der Waals surface area contributed by atoms with Crippen LogP contribution in [0, 0.1) is 0 Å². The molecule has 0 spiro atoms. The van der Waals surface area contributed by atoms with Crippen LogP contribution in [0.3, 0.4) is 0 Å². The van der Waals surface area contributed by atoms with E-state index in [0.29, 0.717) is 13.1 Å². The lowest BCUT2D eigenvalue weighted by atomic mass is 9.93. The van der Waals surface area contributed by atoms with Gasteiger partial charge in [-0.15, -0.1) is 0 Å². The molecule has 4 heteroatoms. The summed E-state index contributed by atoms with van der Waals surface area (Å²) in [5, 5.41) is 0. The molecule has 1 heterocycles. The Morgan fingerprint density at radius 1 is 1.04 bits per heavy atom. The van der Waals surface area contributed by atoms with Crippen LogP contribution in [0.2, 0.25) is 0 Å². The van der Waals surface area contributed by atoms with E-state index in [1.807, 2.05) is 25.7 Å². The zero-order valence-electron chi connectivity index (χ0n) is 19.3. The van der Waals surface area contributed by atoms with Gasteiger partial charge in [-0.05, 0) is 71.1 Å². The van der Waals surface area contributed by atoms with Gasteiger partial charge < -0.3 is 14.5 Å². The number of carbonyl (C=O) groups is 1. The predicted molar refractivity (Wildman–Crippen MR) is 119 cm³/mol. The number of piperazine rings is 1. The maximum atomic E-state index is 12.3. The van der Waals surface area contributed by atoms with Crippen molar-refractivity contribution in [2.75, 3.05) is 26.2 Å². The van der Waals surface area contributed by atoms with Crippen molar-refractivity contribution >= 4 is 6.09 Å². The second-order valence-electron chi connectivity index (χ2n) is 8.27. The molecule has 0 N–H and O–H groups in total. The Morgan fingerprint density at radius 3 is 2.07 bits per heavy atom. The standard InChI is InChI=1S/C24H40N2O2/c1-9-12-13-14-19(4)22(21(10-2)11-3)20(5)25-15-17-26(18-16-25)23(27)28-24(6,7)8/h10,12-14H,9,11,15-18H2,1-8H3/b13-12+,19-14-,21-10-,22-20-. The van der Waals surface area contributed by atoms with Crippen LogP contribution >= 0.6 is 0 Å². The van der Waals surface area contributed by atoms with Crippen LogP contribution in [0.5, 0.6) is 0 Å². The van der Waals surface area contributed by atoms with Crippen molar-refractivity contribution in [3.8, 4) is 0 Å². The molecule has 1 saturated heterocycles. The molecule has 1 rings (SSSR count). The third-order valence-electron chi connectivity index (χ3n) is 4.93. The molecule has 0 bridgehead atoms. The van der Waals surface area contributed by atoms with Crippen LogP contribution in [0.25, 0.3) is 0 Å². The van der Waals surface area contributed by atoms with Gasteiger partial charge in [0.2, 0.25) is 0 Å². The molecule has 0 atom stereocenters. The van der Waals surface area contributed by atoms with E-state index >= 15 is 0 Å². The summed E-state index contributed by atoms with van der Waals surface area (Å²) in [4.78, 5) is 16.5. The van der Waals surface area contributed by atoms with Crippen LogP contribution in [-0.2, 0) is 4.74 Å². The highest BCUT2D eigenvalue weighted by Crippen LogP contribution is 2.28. The molecular formula is C24H40N2O2. The highest BCUT2D eigenvalue weighted by molar-refractivity contribution is 5.68. The van der Waals surface area contributed by atoms with Gasteiger partial charge in [-0.3, -0.25) is 0 Å². The van der Waals surface area contributed by atoms with Crippen molar-refractivity contribution in [3.63, 3.8) is 0 Å². The number of rotatable bonds is 6. The normalized spacial score (nSPS) is 17.9. The molecule has 1 amide bonds. The first kappa shape index (κ1) is 24.1. The van der Waals surface area contributed by atoms with E-state index in [-0.39, 0.29) is 6.09 Å². The van der Waals surface area contributed by atoms with E-state index in [2.05, 4.69) is 63.8 Å². The highest BCUT2D eigenvalue weighted by atomic mass is 16.6. The van der Waals surface area contributed by atoms with E-state index < -0.39 is 5.60 Å². The zero-order chi connectivity index (χ0) is 21.3. The molecule has 1 aliphatic rings. The number of hydrogen-bond donors (Lipinski definition) is 0. The molecule has 0 aliphatic carbocycles. The van der Waals surface area contributed by atoms with Crippen molar-refractivity contribution in [1.82, 2.24) is 9.80 Å². The van der Waals surface area contributed by atoms with Crippen molar-refractivity contribution in [2.24, 2.45) is 0 Å². The summed E-state index contributed by atoms with van der Waals surface area (Å²) >= 11 is 0. The second kappa shape index (κ2) is 11.1. The number of carbonyl (C=O) groups excluding carboxylic acids is 1. The van der Waals surface area contributed by atoms with Crippen LogP contribution < -0.4 is 0 Å². The predicted octanol–water partition coefficient (Wildman–Crippen LogP) is 6.08. The maximum Gasteiger partial charge on any atom is 0.410 e. The summed E-state index contributed by atoms with van der Waals surface area (Å²) in [6.07, 6.45) is 10.6. The number of allylic oxidation sites excluding steroid dienone is 8. The Hall–Kier alpha value is -1.97. The SMILES string of the molecule is C\C=C(CC)/C(C(/C)=C\C=C\CC)=C(/C)N1CCN(C(=O)OC(C)(C)C)CC1. The molecule has 0 unspecified atom stereocenters. The van der Waals surface area contributed by atoms with E-state index in [4.69, 9.17) is 4.74 Å². The van der Waals surface area contributed by atoms with E-state index in [1.165, 1.54) is 22.4 Å².